The van der Waals surface area contributed by atoms with E-state index in [0.717, 1.165) is 42.5 Å². The lowest BCUT2D eigenvalue weighted by atomic mass is 10.2. The molecular weight excluding hydrogens is 274 g/mol. The average molecular weight is 291 g/mol. The molecule has 0 radical (unpaired) electrons. The van der Waals surface area contributed by atoms with Crippen LogP contribution in [0.2, 0.25) is 0 Å². The van der Waals surface area contributed by atoms with Gasteiger partial charge in [-0.2, -0.15) is 0 Å². The predicted molar refractivity (Wildman–Crippen MR) is 77.7 cm³/mol. The van der Waals surface area contributed by atoms with Crippen molar-refractivity contribution in [3.05, 3.63) is 29.0 Å². The van der Waals surface area contributed by atoms with E-state index in [-0.39, 0.29) is 5.91 Å². The second-order valence-corrected chi connectivity index (χ2v) is 5.75. The number of thiophene rings is 1. The smallest absolute Gasteiger partial charge is 0.236 e. The lowest BCUT2D eigenvalue weighted by Crippen LogP contribution is -2.47. The van der Waals surface area contributed by atoms with Gasteiger partial charge in [0.1, 0.15) is 5.76 Å². The number of oxazole rings is 1. The molecule has 1 N–H and O–H groups in total. The van der Waals surface area contributed by atoms with E-state index in [4.69, 9.17) is 4.42 Å². The molecule has 3 heterocycles. The summed E-state index contributed by atoms with van der Waals surface area (Å²) in [5, 5.41) is 5.23. The molecule has 0 spiro atoms. The summed E-state index contributed by atoms with van der Waals surface area (Å²) >= 11 is 1.59. The van der Waals surface area contributed by atoms with Crippen LogP contribution >= 0.6 is 11.3 Å². The van der Waals surface area contributed by atoms with Crippen molar-refractivity contribution in [2.45, 2.75) is 13.3 Å². The molecule has 0 saturated carbocycles. The minimum absolute atomic E-state index is 0.126. The maximum atomic E-state index is 12.2. The average Bonchev–Trinajstić information content (AvgIpc) is 3.10. The van der Waals surface area contributed by atoms with Crippen LogP contribution in [0.3, 0.4) is 0 Å². The standard InChI is InChI=1S/C14H17N3O2S/c1-10-11(9-13(18)17-6-4-15-5-7-17)16-14(19-10)12-3-2-8-20-12/h2-3,8,15H,4-7,9H2,1H3. The minimum Gasteiger partial charge on any atom is -0.440 e. The van der Waals surface area contributed by atoms with Gasteiger partial charge in [-0.15, -0.1) is 11.3 Å². The van der Waals surface area contributed by atoms with Crippen molar-refractivity contribution in [3.8, 4) is 10.8 Å². The fourth-order valence-electron chi connectivity index (χ4n) is 2.27. The molecular formula is C14H17N3O2S. The van der Waals surface area contributed by atoms with Crippen LogP contribution in [0.4, 0.5) is 0 Å². The Kier molecular flexibility index (Phi) is 3.84. The van der Waals surface area contributed by atoms with Crippen LogP contribution in [-0.2, 0) is 11.2 Å². The first kappa shape index (κ1) is 13.3. The summed E-state index contributed by atoms with van der Waals surface area (Å²) in [5.41, 5.74) is 0.747. The largest absolute Gasteiger partial charge is 0.440 e. The van der Waals surface area contributed by atoms with Crippen molar-refractivity contribution in [1.82, 2.24) is 15.2 Å². The molecule has 0 bridgehead atoms. The van der Waals surface area contributed by atoms with Crippen LogP contribution < -0.4 is 5.32 Å². The number of nitrogens with one attached hydrogen (secondary N) is 1. The normalized spacial score (nSPS) is 15.6. The van der Waals surface area contributed by atoms with E-state index < -0.39 is 0 Å². The first-order valence-electron chi connectivity index (χ1n) is 6.73. The first-order chi connectivity index (χ1) is 9.74. The summed E-state index contributed by atoms with van der Waals surface area (Å²) < 4.78 is 5.66. The molecule has 0 unspecified atom stereocenters. The molecule has 20 heavy (non-hydrogen) atoms. The topological polar surface area (TPSA) is 58.4 Å². The van der Waals surface area contributed by atoms with Crippen molar-refractivity contribution in [2.75, 3.05) is 26.2 Å². The van der Waals surface area contributed by atoms with Gasteiger partial charge in [-0.1, -0.05) is 6.07 Å². The Hall–Kier alpha value is -1.66. The number of nitrogens with zero attached hydrogens (tertiary/aromatic N) is 2. The number of rotatable bonds is 3. The molecule has 106 valence electrons. The van der Waals surface area contributed by atoms with Crippen LogP contribution in [0.1, 0.15) is 11.5 Å². The van der Waals surface area contributed by atoms with Gasteiger partial charge in [-0.25, -0.2) is 4.98 Å². The van der Waals surface area contributed by atoms with Gasteiger partial charge in [0.15, 0.2) is 0 Å². The SMILES string of the molecule is Cc1oc(-c2cccs2)nc1CC(=O)N1CCNCC1. The third kappa shape index (κ3) is 2.76. The Morgan fingerprint density at radius 3 is 3.00 bits per heavy atom. The van der Waals surface area contributed by atoms with Gasteiger partial charge in [-0.05, 0) is 18.4 Å². The summed E-state index contributed by atoms with van der Waals surface area (Å²) in [4.78, 5) is 19.6. The summed E-state index contributed by atoms with van der Waals surface area (Å²) in [6.07, 6.45) is 0.320. The third-order valence-electron chi connectivity index (χ3n) is 3.41. The number of carbonyl (C=O) groups excluding carboxylic acids is 1. The summed E-state index contributed by atoms with van der Waals surface area (Å²) in [5.74, 6) is 1.47. The zero-order valence-corrected chi connectivity index (χ0v) is 12.2. The van der Waals surface area contributed by atoms with E-state index in [1.807, 2.05) is 29.3 Å². The molecule has 2 aromatic rings. The lowest BCUT2D eigenvalue weighted by molar-refractivity contribution is -0.131. The van der Waals surface area contributed by atoms with Gasteiger partial charge in [0, 0.05) is 26.2 Å². The van der Waals surface area contributed by atoms with Crippen LogP contribution in [0.5, 0.6) is 0 Å². The fraction of sp³-hybridized carbons (Fsp3) is 0.429. The van der Waals surface area contributed by atoms with E-state index in [2.05, 4.69) is 10.3 Å². The van der Waals surface area contributed by atoms with Gasteiger partial charge < -0.3 is 14.6 Å². The maximum Gasteiger partial charge on any atom is 0.236 e. The Morgan fingerprint density at radius 2 is 2.30 bits per heavy atom. The quantitative estimate of drug-likeness (QED) is 0.935. The van der Waals surface area contributed by atoms with Gasteiger partial charge in [0.2, 0.25) is 11.8 Å². The highest BCUT2D eigenvalue weighted by molar-refractivity contribution is 7.13. The van der Waals surface area contributed by atoms with Crippen molar-refractivity contribution in [2.24, 2.45) is 0 Å². The highest BCUT2D eigenvalue weighted by Crippen LogP contribution is 2.26. The number of amides is 1. The molecule has 3 rings (SSSR count). The maximum absolute atomic E-state index is 12.2. The summed E-state index contributed by atoms with van der Waals surface area (Å²) in [6.45, 7) is 5.14. The van der Waals surface area contributed by atoms with E-state index in [9.17, 15) is 4.79 Å². The highest BCUT2D eigenvalue weighted by Gasteiger charge is 2.20. The molecule has 1 amide bonds. The lowest BCUT2D eigenvalue weighted by Gasteiger charge is -2.27. The number of aryl methyl sites for hydroxylation is 1. The number of carbonyl (C=O) groups is 1. The van der Waals surface area contributed by atoms with Crippen molar-refractivity contribution in [1.29, 1.82) is 0 Å². The van der Waals surface area contributed by atoms with Gasteiger partial charge in [0.05, 0.1) is 17.0 Å². The Morgan fingerprint density at radius 1 is 1.50 bits per heavy atom. The third-order valence-corrected chi connectivity index (χ3v) is 4.27. The molecule has 6 heteroatoms. The number of aromatic nitrogens is 1. The van der Waals surface area contributed by atoms with E-state index >= 15 is 0 Å². The predicted octanol–water partition coefficient (Wildman–Crippen LogP) is 1.69. The number of hydrogen-bond acceptors (Lipinski definition) is 5. The molecule has 2 aromatic heterocycles. The van der Waals surface area contributed by atoms with E-state index in [0.29, 0.717) is 12.3 Å². The molecule has 0 aromatic carbocycles. The van der Waals surface area contributed by atoms with Gasteiger partial charge in [0.25, 0.3) is 0 Å². The van der Waals surface area contributed by atoms with Crippen molar-refractivity contribution in [3.63, 3.8) is 0 Å². The molecule has 1 saturated heterocycles. The van der Waals surface area contributed by atoms with Gasteiger partial charge >= 0.3 is 0 Å². The molecule has 1 aliphatic heterocycles. The second-order valence-electron chi connectivity index (χ2n) is 4.81. The van der Waals surface area contributed by atoms with Crippen molar-refractivity contribution >= 4 is 17.2 Å². The van der Waals surface area contributed by atoms with Gasteiger partial charge in [-0.3, -0.25) is 4.79 Å². The Labute approximate surface area is 121 Å². The highest BCUT2D eigenvalue weighted by atomic mass is 32.1. The molecule has 0 atom stereocenters. The minimum atomic E-state index is 0.126. The monoisotopic (exact) mass is 291 g/mol. The number of piperazine rings is 1. The molecule has 0 aliphatic carbocycles. The summed E-state index contributed by atoms with van der Waals surface area (Å²) in [6, 6.07) is 3.93. The fourth-order valence-corrected chi connectivity index (χ4v) is 2.92. The zero-order valence-electron chi connectivity index (χ0n) is 11.4. The van der Waals surface area contributed by atoms with E-state index in [1.165, 1.54) is 0 Å². The van der Waals surface area contributed by atoms with Crippen LogP contribution in [0.15, 0.2) is 21.9 Å². The Balaban J connectivity index is 1.72. The number of hydrogen-bond donors (Lipinski definition) is 1. The van der Waals surface area contributed by atoms with Crippen LogP contribution in [0.25, 0.3) is 10.8 Å². The molecule has 1 fully saturated rings. The zero-order chi connectivity index (χ0) is 13.9. The Bertz CT molecular complexity index is 586. The van der Waals surface area contributed by atoms with Crippen LogP contribution in [-0.4, -0.2) is 42.0 Å². The summed E-state index contributed by atoms with van der Waals surface area (Å²) in [7, 11) is 0. The second kappa shape index (κ2) is 5.76. The van der Waals surface area contributed by atoms with Crippen molar-refractivity contribution < 1.29 is 9.21 Å². The molecule has 5 nitrogen and oxygen atoms in total. The molecule has 1 aliphatic rings. The first-order valence-corrected chi connectivity index (χ1v) is 7.60. The van der Waals surface area contributed by atoms with E-state index in [1.54, 1.807) is 11.3 Å². The van der Waals surface area contributed by atoms with Crippen LogP contribution in [0, 0.1) is 6.92 Å².